The third-order valence-corrected chi connectivity index (χ3v) is 9.35. The fourth-order valence-electron chi connectivity index (χ4n) is 6.39. The highest BCUT2D eigenvalue weighted by Crippen LogP contribution is 2.32. The van der Waals surface area contributed by atoms with Gasteiger partial charge in [0.15, 0.2) is 6.29 Å². The molecule has 0 amide bonds. The van der Waals surface area contributed by atoms with Crippen molar-refractivity contribution in [3.63, 3.8) is 0 Å². The summed E-state index contributed by atoms with van der Waals surface area (Å²) in [7, 11) is 0. The van der Waals surface area contributed by atoms with Crippen LogP contribution in [-0.4, -0.2) is 50.0 Å². The molecular weight excluding hydrogens is 664 g/mol. The van der Waals surface area contributed by atoms with Crippen LogP contribution < -0.4 is 0 Å². The fraction of sp³-hybridized carbons (Fsp3) is 0.348. The van der Waals surface area contributed by atoms with Gasteiger partial charge in [-0.2, -0.15) is 0 Å². The molecule has 0 aliphatic carbocycles. The quantitative estimate of drug-likeness (QED) is 0.0751. The molecule has 1 saturated heterocycles. The lowest BCUT2D eigenvalue weighted by Crippen LogP contribution is -2.61. The van der Waals surface area contributed by atoms with Crippen molar-refractivity contribution in [3.05, 3.63) is 179 Å². The van der Waals surface area contributed by atoms with Crippen LogP contribution in [0, 0.1) is 0 Å². The Morgan fingerprint density at radius 1 is 0.472 bits per heavy atom. The van der Waals surface area contributed by atoms with Gasteiger partial charge < -0.3 is 33.2 Å². The number of hydrogen-bond donors (Lipinski definition) is 0. The molecule has 0 spiro atoms. The molecule has 5 aromatic rings. The summed E-state index contributed by atoms with van der Waals surface area (Å²) in [6.45, 7) is 4.95. The van der Waals surface area contributed by atoms with Gasteiger partial charge in [0.25, 0.3) is 0 Å². The van der Waals surface area contributed by atoms with E-state index in [-0.39, 0.29) is 12.7 Å². The average molecular weight is 717 g/mol. The van der Waals surface area contributed by atoms with Crippen LogP contribution >= 0.6 is 0 Å². The second kappa shape index (κ2) is 21.5. The fourth-order valence-corrected chi connectivity index (χ4v) is 6.39. The molecule has 1 aliphatic rings. The van der Waals surface area contributed by atoms with Gasteiger partial charge in [-0.15, -0.1) is 0 Å². The van der Waals surface area contributed by atoms with Crippen molar-refractivity contribution in [3.8, 4) is 0 Å². The van der Waals surface area contributed by atoms with E-state index in [0.717, 1.165) is 34.2 Å². The van der Waals surface area contributed by atoms with Crippen LogP contribution in [0.2, 0.25) is 0 Å². The Morgan fingerprint density at radius 2 is 0.887 bits per heavy atom. The molecule has 6 rings (SSSR count). The van der Waals surface area contributed by atoms with E-state index < -0.39 is 30.7 Å². The van der Waals surface area contributed by atoms with Gasteiger partial charge in [-0.25, -0.2) is 0 Å². The summed E-state index contributed by atoms with van der Waals surface area (Å²) in [6.07, 6.45) is -1.31. The van der Waals surface area contributed by atoms with Gasteiger partial charge in [0.2, 0.25) is 0 Å². The van der Waals surface area contributed by atoms with E-state index in [1.54, 1.807) is 0 Å². The van der Waals surface area contributed by atoms with Crippen molar-refractivity contribution < 1.29 is 33.2 Å². The van der Waals surface area contributed by atoms with Crippen molar-refractivity contribution >= 4 is 0 Å². The van der Waals surface area contributed by atoms with Crippen molar-refractivity contribution in [2.75, 3.05) is 13.2 Å². The maximum atomic E-state index is 6.84. The minimum atomic E-state index is -0.743. The molecule has 278 valence electrons. The van der Waals surface area contributed by atoms with Crippen LogP contribution in [-0.2, 0) is 66.2 Å². The van der Waals surface area contributed by atoms with Crippen molar-refractivity contribution in [2.24, 2.45) is 0 Å². The molecular formula is C46H52O7. The zero-order chi connectivity index (χ0) is 36.3. The van der Waals surface area contributed by atoms with Crippen molar-refractivity contribution in [1.82, 2.24) is 0 Å². The topological polar surface area (TPSA) is 64.6 Å². The molecule has 3 unspecified atom stereocenters. The molecule has 1 aliphatic heterocycles. The first-order valence-electron chi connectivity index (χ1n) is 18.8. The van der Waals surface area contributed by atoms with Gasteiger partial charge in [0.1, 0.15) is 24.4 Å². The summed E-state index contributed by atoms with van der Waals surface area (Å²) < 4.78 is 46.5. The van der Waals surface area contributed by atoms with E-state index in [4.69, 9.17) is 33.2 Å². The predicted molar refractivity (Wildman–Crippen MR) is 206 cm³/mol. The first kappa shape index (κ1) is 38.5. The van der Waals surface area contributed by atoms with Gasteiger partial charge >= 0.3 is 0 Å². The number of ether oxygens (including phenoxy) is 7. The maximum Gasteiger partial charge on any atom is 0.186 e. The van der Waals surface area contributed by atoms with Crippen LogP contribution in [0.4, 0.5) is 0 Å². The van der Waals surface area contributed by atoms with E-state index in [1.807, 2.05) is 91.0 Å². The monoisotopic (exact) mass is 716 g/mol. The second-order valence-electron chi connectivity index (χ2n) is 13.3. The molecule has 53 heavy (non-hydrogen) atoms. The van der Waals surface area contributed by atoms with Gasteiger partial charge in [-0.05, 0) is 40.7 Å². The smallest absolute Gasteiger partial charge is 0.186 e. The van der Waals surface area contributed by atoms with E-state index in [2.05, 4.69) is 67.6 Å². The second-order valence-corrected chi connectivity index (χ2v) is 13.3. The third kappa shape index (κ3) is 12.4. The van der Waals surface area contributed by atoms with E-state index >= 15 is 0 Å². The molecule has 1 heterocycles. The highest BCUT2D eigenvalue weighted by molar-refractivity contribution is 5.17. The van der Waals surface area contributed by atoms with Crippen LogP contribution in [0.25, 0.3) is 0 Å². The normalized spacial score (nSPS) is 20.6. The number of hydrogen-bond acceptors (Lipinski definition) is 7. The standard InChI is InChI=1S/C46H52O7/c1-2-41(49-31-37-20-10-4-11-21-37)28-29-48-46-45(52-34-40-26-16-7-17-27-40)44(51-33-39-24-14-6-15-25-39)43(50-32-38-22-12-5-13-23-38)42(53-46)35-47-30-36-18-8-3-9-19-36/h3-27,41-46H,2,28-35H2,1H3/t41-,42?,43+,44?,45?,46+/m1/s1. The highest BCUT2D eigenvalue weighted by atomic mass is 16.7. The Kier molecular flexibility index (Phi) is 15.6. The predicted octanol–water partition coefficient (Wildman–Crippen LogP) is 9.09. The summed E-state index contributed by atoms with van der Waals surface area (Å²) in [5.74, 6) is 0. The Balaban J connectivity index is 1.24. The zero-order valence-corrected chi connectivity index (χ0v) is 30.6. The Labute approximate surface area is 314 Å². The summed E-state index contributed by atoms with van der Waals surface area (Å²) in [4.78, 5) is 0. The van der Waals surface area contributed by atoms with Gasteiger partial charge in [-0.1, -0.05) is 159 Å². The molecule has 0 aromatic heterocycles. The summed E-state index contributed by atoms with van der Waals surface area (Å²) >= 11 is 0. The van der Waals surface area contributed by atoms with E-state index in [1.165, 1.54) is 0 Å². The minimum Gasteiger partial charge on any atom is -0.374 e. The summed E-state index contributed by atoms with van der Waals surface area (Å²) in [5, 5.41) is 0. The van der Waals surface area contributed by atoms with Crippen LogP contribution in [0.5, 0.6) is 0 Å². The maximum absolute atomic E-state index is 6.84. The lowest BCUT2D eigenvalue weighted by Gasteiger charge is -2.46. The Bertz CT molecular complexity index is 1670. The highest BCUT2D eigenvalue weighted by Gasteiger charge is 2.49. The first-order valence-corrected chi connectivity index (χ1v) is 18.8. The molecule has 0 N–H and O–H groups in total. The third-order valence-electron chi connectivity index (χ3n) is 9.35. The van der Waals surface area contributed by atoms with Crippen LogP contribution in [0.3, 0.4) is 0 Å². The van der Waals surface area contributed by atoms with Gasteiger partial charge in [-0.3, -0.25) is 0 Å². The first-order chi connectivity index (χ1) is 26.2. The zero-order valence-electron chi connectivity index (χ0n) is 30.6. The van der Waals surface area contributed by atoms with Crippen LogP contribution in [0.1, 0.15) is 47.6 Å². The molecule has 5 aromatic carbocycles. The lowest BCUT2D eigenvalue weighted by atomic mass is 9.97. The number of rotatable bonds is 21. The Hall–Kier alpha value is -4.18. The molecule has 0 radical (unpaired) electrons. The van der Waals surface area contributed by atoms with Crippen molar-refractivity contribution in [2.45, 2.75) is 89.6 Å². The Morgan fingerprint density at radius 3 is 1.36 bits per heavy atom. The summed E-state index contributed by atoms with van der Waals surface area (Å²) in [6, 6.07) is 50.9. The van der Waals surface area contributed by atoms with Crippen molar-refractivity contribution in [1.29, 1.82) is 0 Å². The summed E-state index contributed by atoms with van der Waals surface area (Å²) in [5.41, 5.74) is 5.39. The molecule has 0 saturated carbocycles. The molecule has 1 fully saturated rings. The average Bonchev–Trinajstić information content (AvgIpc) is 3.22. The molecule has 7 heteroatoms. The van der Waals surface area contributed by atoms with Crippen LogP contribution in [0.15, 0.2) is 152 Å². The van der Waals surface area contributed by atoms with E-state index in [9.17, 15) is 0 Å². The SMILES string of the molecule is CC[C@H](CCO[C@H]1OC(COCc2ccccc2)[C@H](OCc2ccccc2)C(OCc2ccccc2)C1OCc1ccccc1)OCc1ccccc1. The van der Waals surface area contributed by atoms with Gasteiger partial charge in [0, 0.05) is 0 Å². The molecule has 0 bridgehead atoms. The van der Waals surface area contributed by atoms with Gasteiger partial charge in [0.05, 0.1) is 52.4 Å². The lowest BCUT2D eigenvalue weighted by molar-refractivity contribution is -0.329. The van der Waals surface area contributed by atoms with E-state index in [0.29, 0.717) is 46.1 Å². The molecule has 6 atom stereocenters. The molecule has 7 nitrogen and oxygen atoms in total. The minimum absolute atomic E-state index is 0.0274. The number of benzene rings is 5. The largest absolute Gasteiger partial charge is 0.374 e.